The van der Waals surface area contributed by atoms with Crippen LogP contribution in [-0.2, 0) is 20.8 Å². The number of rotatable bonds is 8. The molecule has 0 saturated heterocycles. The van der Waals surface area contributed by atoms with Crippen molar-refractivity contribution in [2.24, 2.45) is 10.8 Å². The van der Waals surface area contributed by atoms with E-state index in [1.165, 1.54) is 18.3 Å². The van der Waals surface area contributed by atoms with E-state index in [4.69, 9.17) is 22.1 Å². The smallest absolute Gasteiger partial charge is 0.329 e. The SMILES string of the molecule is NC(=O)COc1ccc(Cl)cc1/C=N\NC(=O)C(=O)NCCc1ccccc1. The molecule has 0 atom stereocenters. The Balaban J connectivity index is 1.85. The molecule has 0 unspecified atom stereocenters. The number of amides is 3. The molecule has 3 amide bonds. The van der Waals surface area contributed by atoms with Gasteiger partial charge in [-0.2, -0.15) is 5.10 Å². The molecule has 8 nitrogen and oxygen atoms in total. The van der Waals surface area contributed by atoms with Crippen LogP contribution < -0.4 is 21.2 Å². The van der Waals surface area contributed by atoms with Crippen molar-refractivity contribution in [3.8, 4) is 5.75 Å². The highest BCUT2D eigenvalue weighted by Crippen LogP contribution is 2.21. The molecule has 0 spiro atoms. The molecular formula is C19H19ClN4O4. The number of ether oxygens (including phenoxy) is 1. The highest BCUT2D eigenvalue weighted by molar-refractivity contribution is 6.35. The minimum atomic E-state index is -0.911. The number of hydrogen-bond donors (Lipinski definition) is 3. The summed E-state index contributed by atoms with van der Waals surface area (Å²) in [4.78, 5) is 34.4. The Morgan fingerprint density at radius 2 is 1.86 bits per heavy atom. The summed E-state index contributed by atoms with van der Waals surface area (Å²) in [6, 6.07) is 14.2. The van der Waals surface area contributed by atoms with E-state index >= 15 is 0 Å². The molecule has 0 bridgehead atoms. The molecule has 0 radical (unpaired) electrons. The predicted octanol–water partition coefficient (Wildman–Crippen LogP) is 1.01. The van der Waals surface area contributed by atoms with Crippen molar-refractivity contribution in [1.82, 2.24) is 10.7 Å². The highest BCUT2D eigenvalue weighted by atomic mass is 35.5. The number of carbonyl (C=O) groups is 3. The number of benzene rings is 2. The molecule has 146 valence electrons. The molecular weight excluding hydrogens is 384 g/mol. The fraction of sp³-hybridized carbons (Fsp3) is 0.158. The maximum Gasteiger partial charge on any atom is 0.329 e. The quantitative estimate of drug-likeness (QED) is 0.346. The van der Waals surface area contributed by atoms with Crippen molar-refractivity contribution in [2.45, 2.75) is 6.42 Å². The lowest BCUT2D eigenvalue weighted by Crippen LogP contribution is -2.38. The van der Waals surface area contributed by atoms with E-state index in [0.29, 0.717) is 29.3 Å². The van der Waals surface area contributed by atoms with Crippen LogP contribution in [0.1, 0.15) is 11.1 Å². The second-order valence-electron chi connectivity index (χ2n) is 5.63. The van der Waals surface area contributed by atoms with Gasteiger partial charge in [0.05, 0.1) is 6.21 Å². The summed E-state index contributed by atoms with van der Waals surface area (Å²) < 4.78 is 5.24. The van der Waals surface area contributed by atoms with Gasteiger partial charge in [0.1, 0.15) is 5.75 Å². The second-order valence-corrected chi connectivity index (χ2v) is 6.06. The predicted molar refractivity (Wildman–Crippen MR) is 105 cm³/mol. The van der Waals surface area contributed by atoms with Crippen molar-refractivity contribution in [1.29, 1.82) is 0 Å². The molecule has 4 N–H and O–H groups in total. The Hall–Kier alpha value is -3.39. The van der Waals surface area contributed by atoms with E-state index in [0.717, 1.165) is 5.56 Å². The molecule has 0 aliphatic rings. The fourth-order valence-corrected chi connectivity index (χ4v) is 2.34. The van der Waals surface area contributed by atoms with Crippen molar-refractivity contribution >= 4 is 35.5 Å². The zero-order valence-electron chi connectivity index (χ0n) is 14.9. The Bertz CT molecular complexity index is 871. The standard InChI is InChI=1S/C19H19ClN4O4/c20-15-6-7-16(28-12-17(21)25)14(10-15)11-23-24-19(27)18(26)22-9-8-13-4-2-1-3-5-13/h1-7,10-11H,8-9,12H2,(H2,21,25)(H,22,26)(H,24,27)/b23-11-. The first-order chi connectivity index (χ1) is 13.5. The van der Waals surface area contributed by atoms with Crippen LogP contribution in [0.3, 0.4) is 0 Å². The van der Waals surface area contributed by atoms with Crippen LogP contribution in [0.2, 0.25) is 5.02 Å². The molecule has 0 heterocycles. The van der Waals surface area contributed by atoms with E-state index in [9.17, 15) is 14.4 Å². The van der Waals surface area contributed by atoms with Gasteiger partial charge in [0, 0.05) is 17.1 Å². The van der Waals surface area contributed by atoms with Crippen LogP contribution in [-0.4, -0.2) is 37.1 Å². The van der Waals surface area contributed by atoms with E-state index < -0.39 is 17.7 Å². The Labute approximate surface area is 166 Å². The number of hydrazone groups is 1. The van der Waals surface area contributed by atoms with Gasteiger partial charge in [-0.3, -0.25) is 14.4 Å². The van der Waals surface area contributed by atoms with Gasteiger partial charge < -0.3 is 15.8 Å². The van der Waals surface area contributed by atoms with Gasteiger partial charge in [-0.25, -0.2) is 5.43 Å². The Kier molecular flexibility index (Phi) is 7.98. The number of nitrogens with zero attached hydrogens (tertiary/aromatic N) is 1. The van der Waals surface area contributed by atoms with Crippen molar-refractivity contribution < 1.29 is 19.1 Å². The second kappa shape index (κ2) is 10.7. The third-order valence-corrected chi connectivity index (χ3v) is 3.69. The van der Waals surface area contributed by atoms with E-state index in [-0.39, 0.29) is 6.61 Å². The largest absolute Gasteiger partial charge is 0.483 e. The summed E-state index contributed by atoms with van der Waals surface area (Å²) >= 11 is 5.92. The number of hydrogen-bond acceptors (Lipinski definition) is 5. The monoisotopic (exact) mass is 402 g/mol. The molecule has 28 heavy (non-hydrogen) atoms. The molecule has 2 rings (SSSR count). The summed E-state index contributed by atoms with van der Waals surface area (Å²) in [5.41, 5.74) is 8.61. The lowest BCUT2D eigenvalue weighted by Gasteiger charge is -2.07. The zero-order valence-corrected chi connectivity index (χ0v) is 15.6. The average Bonchev–Trinajstić information content (AvgIpc) is 2.68. The fourth-order valence-electron chi connectivity index (χ4n) is 2.16. The summed E-state index contributed by atoms with van der Waals surface area (Å²) in [5, 5.41) is 6.63. The molecule has 9 heteroatoms. The Morgan fingerprint density at radius 1 is 1.11 bits per heavy atom. The maximum atomic E-state index is 11.8. The number of carbonyl (C=O) groups excluding carboxylic acids is 3. The van der Waals surface area contributed by atoms with Gasteiger partial charge in [-0.05, 0) is 30.2 Å². The first-order valence-corrected chi connectivity index (χ1v) is 8.69. The van der Waals surface area contributed by atoms with E-state index in [1.807, 2.05) is 30.3 Å². The lowest BCUT2D eigenvalue weighted by atomic mass is 10.1. The van der Waals surface area contributed by atoms with Crippen LogP contribution >= 0.6 is 11.6 Å². The van der Waals surface area contributed by atoms with Crippen LogP contribution in [0.5, 0.6) is 5.75 Å². The summed E-state index contributed by atoms with van der Waals surface area (Å²) in [5.74, 6) is -2.05. The van der Waals surface area contributed by atoms with Crippen LogP contribution in [0.15, 0.2) is 53.6 Å². The molecule has 0 aliphatic carbocycles. The summed E-state index contributed by atoms with van der Waals surface area (Å²) in [6.07, 6.45) is 1.85. The minimum absolute atomic E-state index is 0.300. The molecule has 2 aromatic rings. The number of halogens is 1. The topological polar surface area (TPSA) is 123 Å². The van der Waals surface area contributed by atoms with Crippen molar-refractivity contribution in [3.63, 3.8) is 0 Å². The molecule has 0 aliphatic heterocycles. The first-order valence-electron chi connectivity index (χ1n) is 8.31. The average molecular weight is 403 g/mol. The van der Waals surface area contributed by atoms with Crippen molar-refractivity contribution in [2.75, 3.05) is 13.2 Å². The van der Waals surface area contributed by atoms with E-state index in [2.05, 4.69) is 15.8 Å². The summed E-state index contributed by atoms with van der Waals surface area (Å²) in [7, 11) is 0. The van der Waals surface area contributed by atoms with Crippen LogP contribution in [0.25, 0.3) is 0 Å². The lowest BCUT2D eigenvalue weighted by molar-refractivity contribution is -0.139. The molecule has 0 aromatic heterocycles. The Morgan fingerprint density at radius 3 is 2.57 bits per heavy atom. The number of primary amides is 1. The molecule has 0 saturated carbocycles. The van der Waals surface area contributed by atoms with Gasteiger partial charge in [0.2, 0.25) is 0 Å². The van der Waals surface area contributed by atoms with Gasteiger partial charge in [0.15, 0.2) is 6.61 Å². The number of nitrogens with two attached hydrogens (primary N) is 1. The first kappa shape index (κ1) is 20.9. The van der Waals surface area contributed by atoms with Crippen LogP contribution in [0, 0.1) is 0 Å². The normalized spacial score (nSPS) is 10.5. The molecule has 0 fully saturated rings. The van der Waals surface area contributed by atoms with Gasteiger partial charge >= 0.3 is 11.8 Å². The third-order valence-electron chi connectivity index (χ3n) is 3.46. The minimum Gasteiger partial charge on any atom is -0.483 e. The van der Waals surface area contributed by atoms with Crippen molar-refractivity contribution in [3.05, 3.63) is 64.7 Å². The summed E-state index contributed by atoms with van der Waals surface area (Å²) in [6.45, 7) is -0.00195. The van der Waals surface area contributed by atoms with Crippen LogP contribution in [0.4, 0.5) is 0 Å². The third kappa shape index (κ3) is 7.08. The highest BCUT2D eigenvalue weighted by Gasteiger charge is 2.12. The van der Waals surface area contributed by atoms with Gasteiger partial charge in [-0.1, -0.05) is 41.9 Å². The van der Waals surface area contributed by atoms with Gasteiger partial charge in [0.25, 0.3) is 5.91 Å². The maximum absolute atomic E-state index is 11.8. The van der Waals surface area contributed by atoms with Gasteiger partial charge in [-0.15, -0.1) is 0 Å². The van der Waals surface area contributed by atoms with E-state index in [1.54, 1.807) is 6.07 Å². The molecule has 2 aromatic carbocycles. The number of nitrogens with one attached hydrogen (secondary N) is 2. The zero-order chi connectivity index (χ0) is 20.4.